The van der Waals surface area contributed by atoms with Crippen molar-refractivity contribution in [2.24, 2.45) is 5.10 Å². The molecule has 0 spiro atoms. The Labute approximate surface area is 115 Å². The third kappa shape index (κ3) is 3.36. The molecule has 96 valence electrons. The molecule has 0 bridgehead atoms. The Bertz CT molecular complexity index is 625. The average Bonchev–Trinajstić information content (AvgIpc) is 2.80. The van der Waals surface area contributed by atoms with Crippen LogP contribution in [0.5, 0.6) is 0 Å². The number of benzene rings is 1. The van der Waals surface area contributed by atoms with Crippen molar-refractivity contribution in [3.05, 3.63) is 41.4 Å². The van der Waals surface area contributed by atoms with Crippen LogP contribution in [-0.4, -0.2) is 17.5 Å². The van der Waals surface area contributed by atoms with Crippen LogP contribution in [0.25, 0.3) is 0 Å². The summed E-state index contributed by atoms with van der Waals surface area (Å²) in [7, 11) is 0. The summed E-state index contributed by atoms with van der Waals surface area (Å²) in [6, 6.07) is 9.91. The minimum atomic E-state index is 0.201. The zero-order valence-electron chi connectivity index (χ0n) is 10.5. The SMILES string of the molecule is CSc1ccc(C=NNc2oc(C)nc2C#N)cc1. The zero-order valence-corrected chi connectivity index (χ0v) is 11.4. The number of hydrazone groups is 1. The summed E-state index contributed by atoms with van der Waals surface area (Å²) in [5.74, 6) is 0.690. The fourth-order valence-corrected chi connectivity index (χ4v) is 1.84. The van der Waals surface area contributed by atoms with E-state index in [1.165, 1.54) is 4.90 Å². The van der Waals surface area contributed by atoms with Gasteiger partial charge in [0.2, 0.25) is 5.69 Å². The minimum Gasteiger partial charge on any atom is -0.422 e. The van der Waals surface area contributed by atoms with E-state index in [9.17, 15) is 0 Å². The number of rotatable bonds is 4. The van der Waals surface area contributed by atoms with Crippen LogP contribution < -0.4 is 5.43 Å². The molecule has 2 aromatic rings. The lowest BCUT2D eigenvalue weighted by molar-refractivity contribution is 0.533. The van der Waals surface area contributed by atoms with Crippen molar-refractivity contribution < 1.29 is 4.42 Å². The van der Waals surface area contributed by atoms with Gasteiger partial charge in [-0.15, -0.1) is 11.8 Å². The summed E-state index contributed by atoms with van der Waals surface area (Å²) in [6.07, 6.45) is 3.68. The van der Waals surface area contributed by atoms with Gasteiger partial charge < -0.3 is 4.42 Å². The molecule has 1 N–H and O–H groups in total. The molecule has 1 heterocycles. The number of nitrogens with one attached hydrogen (secondary N) is 1. The number of hydrogen-bond acceptors (Lipinski definition) is 6. The highest BCUT2D eigenvalue weighted by molar-refractivity contribution is 7.98. The third-order valence-corrected chi connectivity index (χ3v) is 3.08. The molecule has 1 aromatic carbocycles. The molecule has 6 heteroatoms. The Hall–Kier alpha value is -2.26. The van der Waals surface area contributed by atoms with E-state index in [0.29, 0.717) is 5.89 Å². The van der Waals surface area contributed by atoms with Crippen LogP contribution in [0.1, 0.15) is 17.1 Å². The first-order valence-corrected chi connectivity index (χ1v) is 6.76. The van der Waals surface area contributed by atoms with Gasteiger partial charge in [-0.25, -0.2) is 10.4 Å². The maximum atomic E-state index is 8.84. The maximum absolute atomic E-state index is 8.84. The highest BCUT2D eigenvalue weighted by Gasteiger charge is 2.08. The van der Waals surface area contributed by atoms with Gasteiger partial charge in [0.15, 0.2) is 5.89 Å². The van der Waals surface area contributed by atoms with Gasteiger partial charge in [0.05, 0.1) is 6.21 Å². The van der Waals surface area contributed by atoms with Gasteiger partial charge in [0.25, 0.3) is 5.88 Å². The van der Waals surface area contributed by atoms with E-state index in [2.05, 4.69) is 15.5 Å². The van der Waals surface area contributed by atoms with E-state index >= 15 is 0 Å². The second kappa shape index (κ2) is 6.07. The van der Waals surface area contributed by atoms with Crippen molar-refractivity contribution in [2.45, 2.75) is 11.8 Å². The molecule has 0 aliphatic rings. The van der Waals surface area contributed by atoms with Crippen LogP contribution in [0.15, 0.2) is 38.7 Å². The highest BCUT2D eigenvalue weighted by atomic mass is 32.2. The van der Waals surface area contributed by atoms with Crippen LogP contribution in [-0.2, 0) is 0 Å². The van der Waals surface area contributed by atoms with Crippen molar-refractivity contribution in [3.8, 4) is 6.07 Å². The van der Waals surface area contributed by atoms with Crippen molar-refractivity contribution in [3.63, 3.8) is 0 Å². The smallest absolute Gasteiger partial charge is 0.252 e. The predicted molar refractivity (Wildman–Crippen MR) is 75.4 cm³/mol. The summed E-state index contributed by atoms with van der Waals surface area (Å²) in [6.45, 7) is 1.68. The van der Waals surface area contributed by atoms with E-state index in [1.54, 1.807) is 24.9 Å². The van der Waals surface area contributed by atoms with Crippen molar-refractivity contribution >= 4 is 23.9 Å². The first-order chi connectivity index (χ1) is 9.22. The van der Waals surface area contributed by atoms with Crippen LogP contribution in [0.3, 0.4) is 0 Å². The standard InChI is InChI=1S/C13H12N4OS/c1-9-16-12(7-14)13(18-9)17-15-8-10-3-5-11(19-2)6-4-10/h3-6,8,17H,1-2H3. The number of hydrogen-bond donors (Lipinski definition) is 1. The number of aromatic nitrogens is 1. The largest absolute Gasteiger partial charge is 0.422 e. The summed E-state index contributed by atoms with van der Waals surface area (Å²) in [4.78, 5) is 5.11. The third-order valence-electron chi connectivity index (χ3n) is 2.34. The van der Waals surface area contributed by atoms with E-state index in [0.717, 1.165) is 5.56 Å². The highest BCUT2D eigenvalue weighted by Crippen LogP contribution is 2.16. The number of thioether (sulfide) groups is 1. The van der Waals surface area contributed by atoms with Crippen molar-refractivity contribution in [1.29, 1.82) is 5.26 Å². The second-order valence-electron chi connectivity index (χ2n) is 3.67. The molecule has 0 fully saturated rings. The van der Waals surface area contributed by atoms with Crippen LogP contribution in [0.2, 0.25) is 0 Å². The van der Waals surface area contributed by atoms with Gasteiger partial charge in [-0.1, -0.05) is 12.1 Å². The number of nitriles is 1. The monoisotopic (exact) mass is 272 g/mol. The molecule has 0 saturated heterocycles. The summed E-state index contributed by atoms with van der Waals surface area (Å²) in [5.41, 5.74) is 3.83. The van der Waals surface area contributed by atoms with Crippen LogP contribution in [0.4, 0.5) is 5.88 Å². The molecular weight excluding hydrogens is 260 g/mol. The topological polar surface area (TPSA) is 74.2 Å². The Kier molecular flexibility index (Phi) is 4.21. The predicted octanol–water partition coefficient (Wildman–Crippen LogP) is 3.02. The van der Waals surface area contributed by atoms with Crippen LogP contribution in [0, 0.1) is 18.3 Å². The van der Waals surface area contributed by atoms with Crippen molar-refractivity contribution in [1.82, 2.24) is 4.98 Å². The van der Waals surface area contributed by atoms with Crippen molar-refractivity contribution in [2.75, 3.05) is 11.7 Å². The van der Waals surface area contributed by atoms with E-state index < -0.39 is 0 Å². The van der Waals surface area contributed by atoms with Gasteiger partial charge in [-0.05, 0) is 24.0 Å². The normalized spacial score (nSPS) is 10.6. The molecule has 0 radical (unpaired) electrons. The Morgan fingerprint density at radius 2 is 2.16 bits per heavy atom. The van der Waals surface area contributed by atoms with E-state index in [4.69, 9.17) is 9.68 Å². The van der Waals surface area contributed by atoms with Gasteiger partial charge >= 0.3 is 0 Å². The Morgan fingerprint density at radius 1 is 1.42 bits per heavy atom. The molecule has 0 aliphatic heterocycles. The molecule has 0 saturated carbocycles. The summed E-state index contributed by atoms with van der Waals surface area (Å²) in [5, 5.41) is 12.9. The number of aryl methyl sites for hydroxylation is 1. The van der Waals surface area contributed by atoms with Gasteiger partial charge in [0.1, 0.15) is 6.07 Å². The zero-order chi connectivity index (χ0) is 13.7. The maximum Gasteiger partial charge on any atom is 0.252 e. The number of nitrogens with zero attached hydrogens (tertiary/aromatic N) is 3. The minimum absolute atomic E-state index is 0.201. The molecule has 1 aromatic heterocycles. The first kappa shape index (κ1) is 13.2. The van der Waals surface area contributed by atoms with Crippen LogP contribution >= 0.6 is 11.8 Å². The lowest BCUT2D eigenvalue weighted by Gasteiger charge is -1.97. The molecular formula is C13H12N4OS. The summed E-state index contributed by atoms with van der Waals surface area (Å²) < 4.78 is 5.22. The van der Waals surface area contributed by atoms with Gasteiger partial charge in [-0.2, -0.15) is 10.4 Å². The molecule has 0 aliphatic carbocycles. The fourth-order valence-electron chi connectivity index (χ4n) is 1.43. The molecule has 19 heavy (non-hydrogen) atoms. The fraction of sp³-hybridized carbons (Fsp3) is 0.154. The van der Waals surface area contributed by atoms with E-state index in [1.807, 2.05) is 36.6 Å². The first-order valence-electron chi connectivity index (χ1n) is 5.53. The Balaban J connectivity index is 2.04. The number of oxazole rings is 1. The van der Waals surface area contributed by atoms with Gasteiger partial charge in [0, 0.05) is 11.8 Å². The molecule has 0 amide bonds. The average molecular weight is 272 g/mol. The molecule has 2 rings (SSSR count). The second-order valence-corrected chi connectivity index (χ2v) is 4.55. The quantitative estimate of drug-likeness (QED) is 0.526. The lowest BCUT2D eigenvalue weighted by Crippen LogP contribution is -1.91. The van der Waals surface area contributed by atoms with Gasteiger partial charge in [-0.3, -0.25) is 0 Å². The molecule has 5 nitrogen and oxygen atoms in total. The summed E-state index contributed by atoms with van der Waals surface area (Å²) >= 11 is 1.69. The Morgan fingerprint density at radius 3 is 2.79 bits per heavy atom. The molecule has 0 atom stereocenters. The van der Waals surface area contributed by atoms with E-state index in [-0.39, 0.29) is 11.6 Å². The number of anilines is 1. The molecule has 0 unspecified atom stereocenters. The lowest BCUT2D eigenvalue weighted by atomic mass is 10.2.